The van der Waals surface area contributed by atoms with E-state index in [4.69, 9.17) is 14.7 Å². The van der Waals surface area contributed by atoms with Crippen LogP contribution >= 0.6 is 0 Å². The number of hydrogen-bond donors (Lipinski definition) is 2. The van der Waals surface area contributed by atoms with Crippen molar-refractivity contribution in [2.45, 2.75) is 61.3 Å². The molecule has 2 N–H and O–H groups in total. The average Bonchev–Trinajstić information content (AvgIpc) is 2.77. The molecule has 6 heteroatoms. The Hall–Kier alpha value is -2.60. The molecule has 5 nitrogen and oxygen atoms in total. The first kappa shape index (κ1) is 28.6. The number of ether oxygens (including phenoxy) is 2. The molecule has 2 aromatic carbocycles. The summed E-state index contributed by atoms with van der Waals surface area (Å²) in [7, 11) is 1.34. The highest BCUT2D eigenvalue weighted by Gasteiger charge is 2.21. The molecule has 0 spiro atoms. The van der Waals surface area contributed by atoms with Crippen molar-refractivity contribution in [1.82, 2.24) is 0 Å². The van der Waals surface area contributed by atoms with Crippen LogP contribution in [-0.4, -0.2) is 18.3 Å². The van der Waals surface area contributed by atoms with Gasteiger partial charge in [-0.1, -0.05) is 67.5 Å². The van der Waals surface area contributed by atoms with Gasteiger partial charge in [-0.2, -0.15) is 0 Å². The van der Waals surface area contributed by atoms with Gasteiger partial charge in [-0.25, -0.2) is 9.18 Å². The zero-order valence-corrected chi connectivity index (χ0v) is 19.1. The van der Waals surface area contributed by atoms with E-state index in [0.29, 0.717) is 0 Å². The Morgan fingerprint density at radius 1 is 1.00 bits per heavy atom. The number of hydrogen-bond acceptors (Lipinski definition) is 5. The van der Waals surface area contributed by atoms with E-state index in [1.807, 2.05) is 60.9 Å². The molecule has 0 aliphatic rings. The molecule has 0 fully saturated rings. The third kappa shape index (κ3) is 8.52. The molecule has 2 aromatic rings. The predicted octanol–water partition coefficient (Wildman–Crippen LogP) is 7.06. The summed E-state index contributed by atoms with van der Waals surface area (Å²) in [5.41, 5.74) is 2.78. The summed E-state index contributed by atoms with van der Waals surface area (Å²) < 4.78 is 24.2. The molecule has 0 amide bonds. The lowest BCUT2D eigenvalue weighted by molar-refractivity contribution is 0.0726. The molecule has 0 bridgehead atoms. The minimum Gasteiger partial charge on any atom is -0.496 e. The van der Waals surface area contributed by atoms with E-state index in [9.17, 15) is 9.18 Å². The lowest BCUT2D eigenvalue weighted by atomic mass is 10.0. The highest BCUT2D eigenvalue weighted by atomic mass is 19.1. The molecular formula is C23H36FNO4. The van der Waals surface area contributed by atoms with Crippen molar-refractivity contribution in [2.75, 3.05) is 12.6 Å². The third-order valence-corrected chi connectivity index (χ3v) is 3.39. The Morgan fingerprint density at radius 2 is 1.59 bits per heavy atom. The van der Waals surface area contributed by atoms with Crippen molar-refractivity contribution in [3.8, 4) is 11.5 Å². The number of nitrogens with one attached hydrogen (secondary N) is 1. The van der Waals surface area contributed by atoms with Crippen LogP contribution in [-0.2, 0) is 0 Å². The Balaban J connectivity index is 0. The molecule has 2 rings (SSSR count). The monoisotopic (exact) mass is 409 g/mol. The summed E-state index contributed by atoms with van der Waals surface area (Å²) >= 11 is 0. The summed E-state index contributed by atoms with van der Waals surface area (Å²) in [6.07, 6.45) is 0. The number of carbonyl (C=O) groups is 1. The van der Waals surface area contributed by atoms with Gasteiger partial charge in [0.1, 0.15) is 22.8 Å². The van der Waals surface area contributed by atoms with Gasteiger partial charge in [0, 0.05) is 0 Å². The van der Waals surface area contributed by atoms with E-state index in [1.165, 1.54) is 19.2 Å². The topological polar surface area (TPSA) is 67.8 Å². The van der Waals surface area contributed by atoms with Crippen molar-refractivity contribution < 1.29 is 23.9 Å². The van der Waals surface area contributed by atoms with Crippen LogP contribution in [0.1, 0.15) is 77.2 Å². The Kier molecular flexibility index (Phi) is 16.1. The largest absolute Gasteiger partial charge is 0.496 e. The molecule has 0 saturated heterocycles. The number of halogens is 1. The van der Waals surface area contributed by atoms with Gasteiger partial charge in [-0.15, -0.1) is 0 Å². The summed E-state index contributed by atoms with van der Waals surface area (Å²) in [6.45, 7) is 16.0. The zero-order chi connectivity index (χ0) is 23.0. The van der Waals surface area contributed by atoms with Gasteiger partial charge >= 0.3 is 5.97 Å². The van der Waals surface area contributed by atoms with Crippen molar-refractivity contribution in [3.63, 3.8) is 0 Å². The van der Waals surface area contributed by atoms with Crippen LogP contribution in [0.5, 0.6) is 11.5 Å². The van der Waals surface area contributed by atoms with Gasteiger partial charge in [0.2, 0.25) is 0 Å². The smallest absolute Gasteiger partial charge is 0.350 e. The van der Waals surface area contributed by atoms with Gasteiger partial charge in [-0.3, -0.25) is 10.7 Å². The predicted molar refractivity (Wildman–Crippen MR) is 118 cm³/mol. The Labute approximate surface area is 174 Å². The molecule has 0 heterocycles. The Bertz CT molecular complexity index is 718. The minimum atomic E-state index is -0.905. The first-order valence-electron chi connectivity index (χ1n) is 10.1. The first-order chi connectivity index (χ1) is 14.0. The molecule has 0 radical (unpaired) electrons. The lowest BCUT2D eigenvalue weighted by Crippen LogP contribution is -2.13. The maximum atomic E-state index is 13.9. The molecule has 164 valence electrons. The fourth-order valence-corrected chi connectivity index (χ4v) is 2.10. The molecule has 0 aromatic heterocycles. The molecular weight excluding hydrogens is 373 g/mol. The highest BCUT2D eigenvalue weighted by molar-refractivity contribution is 5.95. The third-order valence-electron chi connectivity index (χ3n) is 3.39. The van der Waals surface area contributed by atoms with Gasteiger partial charge in [0.15, 0.2) is 5.75 Å². The number of methoxy groups -OCH3 is 1. The van der Waals surface area contributed by atoms with Crippen LogP contribution in [0.15, 0.2) is 36.4 Å². The highest BCUT2D eigenvalue weighted by Crippen LogP contribution is 2.31. The van der Waals surface area contributed by atoms with Crippen LogP contribution in [0, 0.1) is 5.82 Å². The molecule has 0 atom stereocenters. The van der Waals surface area contributed by atoms with E-state index in [1.54, 1.807) is 18.2 Å². The van der Waals surface area contributed by atoms with Crippen molar-refractivity contribution in [1.29, 1.82) is 0 Å². The summed E-state index contributed by atoms with van der Waals surface area (Å²) in [5.74, 6) is -1.27. The van der Waals surface area contributed by atoms with E-state index in [-0.39, 0.29) is 28.7 Å². The van der Waals surface area contributed by atoms with E-state index in [2.05, 4.69) is 0 Å². The van der Waals surface area contributed by atoms with Crippen LogP contribution in [0.25, 0.3) is 0 Å². The number of carbonyl (C=O) groups excluding carboxylic acids is 1. The zero-order valence-electron chi connectivity index (χ0n) is 19.1. The van der Waals surface area contributed by atoms with Crippen LogP contribution in [0.2, 0.25) is 0 Å². The fourth-order valence-electron chi connectivity index (χ4n) is 2.10. The number of benzene rings is 2. The first-order valence-corrected chi connectivity index (χ1v) is 10.1. The van der Waals surface area contributed by atoms with E-state index < -0.39 is 11.8 Å². The number of anilines is 1. The van der Waals surface area contributed by atoms with E-state index >= 15 is 0 Å². The summed E-state index contributed by atoms with van der Waals surface area (Å²) in [5, 5.41) is 9.15. The van der Waals surface area contributed by atoms with Gasteiger partial charge in [-0.05, 0) is 35.7 Å². The fraction of sp³-hybridized carbons (Fsp3) is 0.435. The van der Waals surface area contributed by atoms with Crippen molar-refractivity contribution in [2.24, 2.45) is 0 Å². The standard InChI is InChI=1S/C17H18FNO4.3C2H6/c1-10(2)11-7-8-13(19-21)15(9-11)23-17(20)16-12(18)5-4-6-14(16)22-3;3*1-2/h4-10,19,21H,1-3H3;3*1-2H3. The maximum absolute atomic E-state index is 13.9. The van der Waals surface area contributed by atoms with Crippen LogP contribution in [0.4, 0.5) is 10.1 Å². The maximum Gasteiger partial charge on any atom is 0.350 e. The minimum absolute atomic E-state index is 0.0773. The van der Waals surface area contributed by atoms with Crippen LogP contribution < -0.4 is 15.0 Å². The molecule has 0 saturated carbocycles. The second-order valence-electron chi connectivity index (χ2n) is 5.23. The van der Waals surface area contributed by atoms with Gasteiger partial charge in [0.25, 0.3) is 0 Å². The molecule has 29 heavy (non-hydrogen) atoms. The number of rotatable bonds is 5. The van der Waals surface area contributed by atoms with Crippen LogP contribution in [0.3, 0.4) is 0 Å². The quantitative estimate of drug-likeness (QED) is 0.314. The lowest BCUT2D eigenvalue weighted by Gasteiger charge is -2.14. The van der Waals surface area contributed by atoms with Crippen molar-refractivity contribution >= 4 is 11.7 Å². The summed E-state index contributed by atoms with van der Waals surface area (Å²) in [6, 6.07) is 9.05. The second-order valence-corrected chi connectivity index (χ2v) is 5.23. The SMILES string of the molecule is CC.CC.CC.COc1cccc(F)c1C(=O)Oc1cc(C(C)C)ccc1NO. The molecule has 0 aliphatic carbocycles. The summed E-state index contributed by atoms with van der Waals surface area (Å²) in [4.78, 5) is 12.3. The molecule has 0 aliphatic heterocycles. The average molecular weight is 410 g/mol. The van der Waals surface area contributed by atoms with Gasteiger partial charge < -0.3 is 9.47 Å². The number of esters is 1. The Morgan fingerprint density at radius 3 is 2.07 bits per heavy atom. The molecule has 0 unspecified atom stereocenters. The van der Waals surface area contributed by atoms with E-state index in [0.717, 1.165) is 11.6 Å². The van der Waals surface area contributed by atoms with Gasteiger partial charge in [0.05, 0.1) is 7.11 Å². The normalized spacial score (nSPS) is 8.97. The second kappa shape index (κ2) is 16.4. The van der Waals surface area contributed by atoms with Crippen molar-refractivity contribution in [3.05, 3.63) is 53.3 Å².